The van der Waals surface area contributed by atoms with Crippen LogP contribution in [0.25, 0.3) is 10.8 Å². The summed E-state index contributed by atoms with van der Waals surface area (Å²) in [7, 11) is -3.25. The van der Waals surface area contributed by atoms with Gasteiger partial charge in [0.1, 0.15) is 0 Å². The number of nitrogens with zero attached hydrogens (tertiary/aromatic N) is 1. The van der Waals surface area contributed by atoms with Crippen molar-refractivity contribution < 1.29 is 13.2 Å². The SMILES string of the molecule is O=C(NCCCS(=O)(=O)Cc1ccccc1)c1n[nH]c(=O)c2ccccc12. The van der Waals surface area contributed by atoms with Gasteiger partial charge < -0.3 is 5.32 Å². The number of amides is 1. The minimum absolute atomic E-state index is 0.0199. The van der Waals surface area contributed by atoms with Gasteiger partial charge in [-0.25, -0.2) is 13.5 Å². The van der Waals surface area contributed by atoms with E-state index in [2.05, 4.69) is 15.5 Å². The van der Waals surface area contributed by atoms with Crippen LogP contribution in [0.4, 0.5) is 0 Å². The number of carbonyl (C=O) groups excluding carboxylic acids is 1. The van der Waals surface area contributed by atoms with Gasteiger partial charge in [0, 0.05) is 11.9 Å². The van der Waals surface area contributed by atoms with Crippen LogP contribution in [0.2, 0.25) is 0 Å². The smallest absolute Gasteiger partial charge is 0.272 e. The van der Waals surface area contributed by atoms with Gasteiger partial charge in [-0.15, -0.1) is 0 Å². The molecule has 0 aliphatic heterocycles. The zero-order chi connectivity index (χ0) is 19.3. The number of aromatic nitrogens is 2. The number of H-pyrrole nitrogens is 1. The van der Waals surface area contributed by atoms with Gasteiger partial charge in [0.15, 0.2) is 15.5 Å². The second kappa shape index (κ2) is 8.13. The molecule has 3 aromatic rings. The van der Waals surface area contributed by atoms with Gasteiger partial charge in [-0.2, -0.15) is 5.10 Å². The molecule has 0 saturated heterocycles. The maximum absolute atomic E-state index is 12.3. The minimum atomic E-state index is -3.25. The molecule has 0 aliphatic rings. The van der Waals surface area contributed by atoms with Crippen molar-refractivity contribution in [3.8, 4) is 0 Å². The highest BCUT2D eigenvalue weighted by Crippen LogP contribution is 2.12. The molecule has 27 heavy (non-hydrogen) atoms. The highest BCUT2D eigenvalue weighted by molar-refractivity contribution is 7.90. The highest BCUT2D eigenvalue weighted by Gasteiger charge is 2.15. The van der Waals surface area contributed by atoms with E-state index in [1.807, 2.05) is 6.07 Å². The Bertz CT molecular complexity index is 1110. The summed E-state index contributed by atoms with van der Waals surface area (Å²) in [6.45, 7) is 0.196. The third kappa shape index (κ3) is 4.79. The van der Waals surface area contributed by atoms with Crippen molar-refractivity contribution >= 4 is 26.5 Å². The molecule has 2 aromatic carbocycles. The van der Waals surface area contributed by atoms with Crippen LogP contribution in [0.5, 0.6) is 0 Å². The first-order chi connectivity index (χ1) is 13.0. The van der Waals surface area contributed by atoms with Crippen molar-refractivity contribution in [3.05, 3.63) is 76.2 Å². The van der Waals surface area contributed by atoms with Crippen molar-refractivity contribution in [1.29, 1.82) is 0 Å². The lowest BCUT2D eigenvalue weighted by Gasteiger charge is -2.07. The Morgan fingerprint density at radius 1 is 1.00 bits per heavy atom. The summed E-state index contributed by atoms with van der Waals surface area (Å²) in [4.78, 5) is 24.1. The molecule has 0 bridgehead atoms. The summed E-state index contributed by atoms with van der Waals surface area (Å²) < 4.78 is 24.3. The van der Waals surface area contributed by atoms with Crippen molar-refractivity contribution in [1.82, 2.24) is 15.5 Å². The summed E-state index contributed by atoms with van der Waals surface area (Å²) >= 11 is 0. The molecule has 0 fully saturated rings. The molecule has 0 radical (unpaired) electrons. The number of sulfone groups is 1. The van der Waals surface area contributed by atoms with E-state index in [4.69, 9.17) is 0 Å². The van der Waals surface area contributed by atoms with Gasteiger partial charge in [0.25, 0.3) is 11.5 Å². The molecule has 3 rings (SSSR count). The quantitative estimate of drug-likeness (QED) is 0.601. The number of carbonyl (C=O) groups is 1. The monoisotopic (exact) mass is 385 g/mol. The lowest BCUT2D eigenvalue weighted by molar-refractivity contribution is 0.0949. The minimum Gasteiger partial charge on any atom is -0.351 e. The molecule has 0 saturated carbocycles. The molecule has 0 atom stereocenters. The Hall–Kier alpha value is -3.00. The Morgan fingerprint density at radius 3 is 2.41 bits per heavy atom. The van der Waals surface area contributed by atoms with Crippen LogP contribution in [0.1, 0.15) is 22.5 Å². The van der Waals surface area contributed by atoms with E-state index in [0.717, 1.165) is 5.56 Å². The zero-order valence-corrected chi connectivity index (χ0v) is 15.3. The van der Waals surface area contributed by atoms with Gasteiger partial charge in [-0.3, -0.25) is 9.59 Å². The first kappa shape index (κ1) is 18.8. The number of rotatable bonds is 7. The lowest BCUT2D eigenvalue weighted by Crippen LogP contribution is -2.28. The van der Waals surface area contributed by atoms with Crippen molar-refractivity contribution in [3.63, 3.8) is 0 Å². The second-order valence-electron chi connectivity index (χ2n) is 6.13. The largest absolute Gasteiger partial charge is 0.351 e. The number of aromatic amines is 1. The van der Waals surface area contributed by atoms with Crippen LogP contribution in [0.3, 0.4) is 0 Å². The summed E-state index contributed by atoms with van der Waals surface area (Å²) in [6.07, 6.45) is 0.294. The van der Waals surface area contributed by atoms with E-state index in [1.54, 1.807) is 48.5 Å². The molecular formula is C19H19N3O4S. The number of nitrogens with one attached hydrogen (secondary N) is 2. The normalized spacial score (nSPS) is 11.4. The number of hydrogen-bond acceptors (Lipinski definition) is 5. The lowest BCUT2D eigenvalue weighted by atomic mass is 10.1. The van der Waals surface area contributed by atoms with Gasteiger partial charge in [0.05, 0.1) is 16.9 Å². The maximum Gasteiger partial charge on any atom is 0.272 e. The molecule has 0 unspecified atom stereocenters. The molecule has 1 heterocycles. The van der Waals surface area contributed by atoms with Gasteiger partial charge in [0.2, 0.25) is 0 Å². The van der Waals surface area contributed by atoms with Crippen LogP contribution in [0, 0.1) is 0 Å². The zero-order valence-electron chi connectivity index (χ0n) is 14.5. The average Bonchev–Trinajstić information content (AvgIpc) is 2.66. The Morgan fingerprint density at radius 2 is 1.67 bits per heavy atom. The fraction of sp³-hybridized carbons (Fsp3) is 0.211. The first-order valence-corrected chi connectivity index (χ1v) is 10.3. The molecule has 2 N–H and O–H groups in total. The van der Waals surface area contributed by atoms with E-state index in [1.165, 1.54) is 0 Å². The molecule has 1 aromatic heterocycles. The van der Waals surface area contributed by atoms with Crippen molar-refractivity contribution in [2.24, 2.45) is 0 Å². The Balaban J connectivity index is 1.57. The number of benzene rings is 2. The predicted octanol–water partition coefficient (Wildman–Crippen LogP) is 1.66. The fourth-order valence-corrected chi connectivity index (χ4v) is 4.19. The Kier molecular flexibility index (Phi) is 5.66. The molecule has 0 spiro atoms. The first-order valence-electron chi connectivity index (χ1n) is 8.46. The Labute approximate surface area is 156 Å². The average molecular weight is 385 g/mol. The van der Waals surface area contributed by atoms with Gasteiger partial charge >= 0.3 is 0 Å². The maximum atomic E-state index is 12.3. The molecule has 0 aliphatic carbocycles. The van der Waals surface area contributed by atoms with E-state index in [0.29, 0.717) is 17.2 Å². The van der Waals surface area contributed by atoms with Gasteiger partial charge in [-0.05, 0) is 18.1 Å². The van der Waals surface area contributed by atoms with E-state index in [-0.39, 0.29) is 29.3 Å². The van der Waals surface area contributed by atoms with Crippen molar-refractivity contribution in [2.75, 3.05) is 12.3 Å². The summed E-state index contributed by atoms with van der Waals surface area (Å²) in [5, 5.41) is 9.62. The van der Waals surface area contributed by atoms with E-state index < -0.39 is 15.7 Å². The van der Waals surface area contributed by atoms with Crippen LogP contribution in [0.15, 0.2) is 59.4 Å². The number of fused-ring (bicyclic) bond motifs is 1. The van der Waals surface area contributed by atoms with Crippen LogP contribution >= 0.6 is 0 Å². The third-order valence-electron chi connectivity index (χ3n) is 4.06. The highest BCUT2D eigenvalue weighted by atomic mass is 32.2. The molecule has 1 amide bonds. The molecule has 7 nitrogen and oxygen atoms in total. The summed E-state index contributed by atoms with van der Waals surface area (Å²) in [5.41, 5.74) is 0.483. The van der Waals surface area contributed by atoms with Crippen LogP contribution in [-0.4, -0.2) is 36.8 Å². The third-order valence-corrected chi connectivity index (χ3v) is 5.74. The standard InChI is InChI=1S/C19H19N3O4S/c23-18-16-10-5-4-9-15(16)17(21-22-18)19(24)20-11-6-12-27(25,26)13-14-7-2-1-3-8-14/h1-5,7-10H,6,11-13H2,(H,20,24)(H,22,23). The number of hydrogen-bond donors (Lipinski definition) is 2. The van der Waals surface area contributed by atoms with E-state index in [9.17, 15) is 18.0 Å². The van der Waals surface area contributed by atoms with Crippen LogP contribution < -0.4 is 10.9 Å². The van der Waals surface area contributed by atoms with E-state index >= 15 is 0 Å². The molecule has 8 heteroatoms. The topological polar surface area (TPSA) is 109 Å². The summed E-state index contributed by atoms with van der Waals surface area (Å²) in [5.74, 6) is -0.501. The fourth-order valence-electron chi connectivity index (χ4n) is 2.77. The second-order valence-corrected chi connectivity index (χ2v) is 8.32. The molecular weight excluding hydrogens is 366 g/mol. The summed E-state index contributed by atoms with van der Waals surface area (Å²) in [6, 6.07) is 15.7. The van der Waals surface area contributed by atoms with Crippen molar-refractivity contribution in [2.45, 2.75) is 12.2 Å². The van der Waals surface area contributed by atoms with Gasteiger partial charge in [-0.1, -0.05) is 48.5 Å². The van der Waals surface area contributed by atoms with Crippen LogP contribution in [-0.2, 0) is 15.6 Å². The molecule has 140 valence electrons. The predicted molar refractivity (Wildman–Crippen MR) is 103 cm³/mol.